The van der Waals surface area contributed by atoms with Crippen molar-refractivity contribution in [3.8, 4) is 0 Å². The van der Waals surface area contributed by atoms with Crippen LogP contribution in [0.15, 0.2) is 0 Å². The minimum absolute atomic E-state index is 0.141. The van der Waals surface area contributed by atoms with Crippen molar-refractivity contribution in [1.29, 1.82) is 0 Å². The highest BCUT2D eigenvalue weighted by Crippen LogP contribution is 2.34. The Morgan fingerprint density at radius 2 is 1.64 bits per heavy atom. The molecule has 22 heavy (non-hydrogen) atoms. The Hall–Kier alpha value is -1.10. The van der Waals surface area contributed by atoms with E-state index in [0.29, 0.717) is 12.5 Å². The Labute approximate surface area is 133 Å². The molecule has 0 bridgehead atoms. The summed E-state index contributed by atoms with van der Waals surface area (Å²) in [4.78, 5) is 29.3. The van der Waals surface area contributed by atoms with E-state index in [1.807, 2.05) is 0 Å². The van der Waals surface area contributed by atoms with E-state index < -0.39 is 0 Å². The quantitative estimate of drug-likeness (QED) is 0.796. The molecule has 3 aliphatic rings. The number of nitrogens with zero attached hydrogens (tertiary/aromatic N) is 2. The lowest BCUT2D eigenvalue weighted by Gasteiger charge is -2.53. The van der Waals surface area contributed by atoms with Gasteiger partial charge in [-0.1, -0.05) is 12.8 Å². The van der Waals surface area contributed by atoms with Crippen molar-refractivity contribution >= 4 is 11.8 Å². The van der Waals surface area contributed by atoms with Crippen molar-refractivity contribution in [3.63, 3.8) is 0 Å². The molecule has 3 atom stereocenters. The number of hydrogen-bond acceptors (Lipinski definition) is 3. The van der Waals surface area contributed by atoms with Gasteiger partial charge in [-0.25, -0.2) is 0 Å². The molecule has 124 valence electrons. The van der Waals surface area contributed by atoms with Gasteiger partial charge in [-0.3, -0.25) is 9.59 Å². The number of amides is 2. The van der Waals surface area contributed by atoms with Crippen molar-refractivity contribution in [1.82, 2.24) is 15.1 Å². The Bertz CT molecular complexity index is 434. The van der Waals surface area contributed by atoms with Crippen LogP contribution < -0.4 is 5.32 Å². The van der Waals surface area contributed by atoms with Gasteiger partial charge in [0.15, 0.2) is 0 Å². The molecule has 2 amide bonds. The number of carbonyl (C=O) groups excluding carboxylic acids is 2. The van der Waals surface area contributed by atoms with Gasteiger partial charge < -0.3 is 15.1 Å². The van der Waals surface area contributed by atoms with Crippen LogP contribution in [-0.4, -0.2) is 59.4 Å². The third-order valence-electron chi connectivity index (χ3n) is 5.72. The fourth-order valence-electron chi connectivity index (χ4n) is 4.72. The smallest absolute Gasteiger partial charge is 0.226 e. The number of rotatable bonds is 1. The molecule has 0 spiro atoms. The summed E-state index contributed by atoms with van der Waals surface area (Å²) in [5.74, 6) is 0.687. The fourth-order valence-corrected chi connectivity index (χ4v) is 4.72. The largest absolute Gasteiger partial charge is 0.335 e. The van der Waals surface area contributed by atoms with Crippen LogP contribution in [0.2, 0.25) is 0 Å². The molecule has 2 saturated heterocycles. The van der Waals surface area contributed by atoms with Crippen molar-refractivity contribution in [2.75, 3.05) is 19.6 Å². The maximum atomic E-state index is 13.0. The zero-order valence-electron chi connectivity index (χ0n) is 13.9. The summed E-state index contributed by atoms with van der Waals surface area (Å²) in [7, 11) is 0. The van der Waals surface area contributed by atoms with Crippen molar-refractivity contribution < 1.29 is 9.59 Å². The molecule has 2 heterocycles. The summed E-state index contributed by atoms with van der Waals surface area (Å²) in [6.07, 6.45) is 6.36. The highest BCUT2D eigenvalue weighted by Gasteiger charge is 2.45. The second kappa shape index (κ2) is 6.57. The molecule has 2 unspecified atom stereocenters. The van der Waals surface area contributed by atoms with Gasteiger partial charge in [-0.05, 0) is 45.7 Å². The lowest BCUT2D eigenvalue weighted by atomic mass is 9.83. The first-order chi connectivity index (χ1) is 10.6. The zero-order chi connectivity index (χ0) is 15.7. The Kier molecular flexibility index (Phi) is 4.71. The SMILES string of the molecule is CC(=O)N1C2CCCCC2N(C(=O)C2CCNCC2)C[C@@H]1C. The van der Waals surface area contributed by atoms with E-state index >= 15 is 0 Å². The molecule has 3 rings (SSSR count). The van der Waals surface area contributed by atoms with E-state index in [0.717, 1.165) is 38.8 Å². The van der Waals surface area contributed by atoms with E-state index in [-0.39, 0.29) is 30.0 Å². The van der Waals surface area contributed by atoms with Gasteiger partial charge in [0.2, 0.25) is 11.8 Å². The zero-order valence-corrected chi connectivity index (χ0v) is 13.9. The van der Waals surface area contributed by atoms with Gasteiger partial charge in [-0.2, -0.15) is 0 Å². The Morgan fingerprint density at radius 1 is 1.00 bits per heavy atom. The molecule has 0 radical (unpaired) electrons. The van der Waals surface area contributed by atoms with Crippen LogP contribution in [-0.2, 0) is 9.59 Å². The van der Waals surface area contributed by atoms with Gasteiger partial charge in [-0.15, -0.1) is 0 Å². The molecular weight excluding hydrogens is 278 g/mol. The first kappa shape index (κ1) is 15.8. The predicted octanol–water partition coefficient (Wildman–Crippen LogP) is 1.38. The number of piperazine rings is 1. The summed E-state index contributed by atoms with van der Waals surface area (Å²) in [5.41, 5.74) is 0. The van der Waals surface area contributed by atoms with Gasteiger partial charge in [0, 0.05) is 25.4 Å². The van der Waals surface area contributed by atoms with Crippen LogP contribution in [0.4, 0.5) is 0 Å². The molecule has 2 aliphatic heterocycles. The van der Waals surface area contributed by atoms with E-state index in [4.69, 9.17) is 0 Å². The minimum Gasteiger partial charge on any atom is -0.335 e. The molecule has 0 aromatic heterocycles. The van der Waals surface area contributed by atoms with E-state index in [1.165, 1.54) is 12.8 Å². The van der Waals surface area contributed by atoms with Crippen LogP contribution in [0.25, 0.3) is 0 Å². The number of carbonyl (C=O) groups is 2. The molecule has 0 aromatic rings. The monoisotopic (exact) mass is 307 g/mol. The number of nitrogens with one attached hydrogen (secondary N) is 1. The normalized spacial score (nSPS) is 33.5. The molecule has 0 aromatic carbocycles. The predicted molar refractivity (Wildman–Crippen MR) is 85.3 cm³/mol. The van der Waals surface area contributed by atoms with Crippen LogP contribution in [0.3, 0.4) is 0 Å². The number of fused-ring (bicyclic) bond motifs is 1. The first-order valence-electron chi connectivity index (χ1n) is 8.89. The van der Waals surface area contributed by atoms with Crippen molar-refractivity contribution in [2.45, 2.75) is 70.5 Å². The summed E-state index contributed by atoms with van der Waals surface area (Å²) < 4.78 is 0. The molecule has 5 heteroatoms. The Morgan fingerprint density at radius 3 is 2.27 bits per heavy atom. The maximum Gasteiger partial charge on any atom is 0.226 e. The molecule has 1 N–H and O–H groups in total. The van der Waals surface area contributed by atoms with E-state index in [1.54, 1.807) is 6.92 Å². The lowest BCUT2D eigenvalue weighted by molar-refractivity contribution is -0.156. The van der Waals surface area contributed by atoms with Crippen molar-refractivity contribution in [2.24, 2.45) is 5.92 Å². The molecule has 1 aliphatic carbocycles. The molecule has 5 nitrogen and oxygen atoms in total. The van der Waals surface area contributed by atoms with E-state index in [9.17, 15) is 9.59 Å². The summed E-state index contributed by atoms with van der Waals surface area (Å²) in [6.45, 7) is 6.38. The van der Waals surface area contributed by atoms with Crippen LogP contribution in [0.1, 0.15) is 52.4 Å². The maximum absolute atomic E-state index is 13.0. The number of piperidine rings is 1. The highest BCUT2D eigenvalue weighted by atomic mass is 16.2. The summed E-state index contributed by atoms with van der Waals surface area (Å²) in [6, 6.07) is 0.624. The average Bonchev–Trinajstić information content (AvgIpc) is 2.53. The third-order valence-corrected chi connectivity index (χ3v) is 5.72. The van der Waals surface area contributed by atoms with E-state index in [2.05, 4.69) is 22.0 Å². The first-order valence-corrected chi connectivity index (χ1v) is 8.89. The Balaban J connectivity index is 1.79. The van der Waals surface area contributed by atoms with Gasteiger partial charge in [0.1, 0.15) is 0 Å². The lowest BCUT2D eigenvalue weighted by Crippen LogP contribution is -2.67. The van der Waals surface area contributed by atoms with Crippen LogP contribution >= 0.6 is 0 Å². The molecule has 3 fully saturated rings. The minimum atomic E-state index is 0.141. The summed E-state index contributed by atoms with van der Waals surface area (Å²) >= 11 is 0. The average molecular weight is 307 g/mol. The van der Waals surface area contributed by atoms with Gasteiger partial charge >= 0.3 is 0 Å². The topological polar surface area (TPSA) is 52.7 Å². The van der Waals surface area contributed by atoms with Crippen molar-refractivity contribution in [3.05, 3.63) is 0 Å². The van der Waals surface area contributed by atoms with Gasteiger partial charge in [0.25, 0.3) is 0 Å². The third kappa shape index (κ3) is 2.87. The van der Waals surface area contributed by atoms with Gasteiger partial charge in [0.05, 0.1) is 12.1 Å². The fraction of sp³-hybridized carbons (Fsp3) is 0.882. The van der Waals surface area contributed by atoms with Crippen LogP contribution in [0.5, 0.6) is 0 Å². The highest BCUT2D eigenvalue weighted by molar-refractivity contribution is 5.80. The van der Waals surface area contributed by atoms with Crippen LogP contribution in [0, 0.1) is 5.92 Å². The standard InChI is InChI=1S/C17H29N3O2/c1-12-11-19(17(22)14-7-9-18-10-8-14)15-5-3-4-6-16(15)20(12)13(2)21/h12,14-16,18H,3-11H2,1-2H3/t12-,15?,16?/m0/s1. The second-order valence-electron chi connectivity index (χ2n) is 7.21. The summed E-state index contributed by atoms with van der Waals surface area (Å²) in [5, 5.41) is 3.34. The molecule has 1 saturated carbocycles. The number of hydrogen-bond donors (Lipinski definition) is 1. The second-order valence-corrected chi connectivity index (χ2v) is 7.21. The molecular formula is C17H29N3O2.